The number of para-hydroxylation sites is 3. The smallest absolute Gasteiger partial charge is 0.419 e. The van der Waals surface area contributed by atoms with Crippen molar-refractivity contribution in [3.63, 3.8) is 0 Å². The first-order valence-electron chi connectivity index (χ1n) is 20.7. The number of amides is 2. The molecule has 6 aromatic rings. The minimum atomic E-state index is -0.713. The molecule has 1 aromatic heterocycles. The molecule has 0 spiro atoms. The topological polar surface area (TPSA) is 158 Å². The van der Waals surface area contributed by atoms with Crippen molar-refractivity contribution in [3.8, 4) is 22.9 Å². The Morgan fingerprint density at radius 2 is 1.48 bits per heavy atom. The molecule has 318 valence electrons. The van der Waals surface area contributed by atoms with Gasteiger partial charge in [0.25, 0.3) is 5.91 Å². The number of rotatable bonds is 21. The number of unbranched alkanes of at least 4 members (excludes halogenated alkanes) is 9. The number of esters is 1. The van der Waals surface area contributed by atoms with Crippen LogP contribution in [0.1, 0.15) is 97.4 Å². The molecule has 0 aliphatic carbocycles. The van der Waals surface area contributed by atoms with Crippen molar-refractivity contribution in [3.05, 3.63) is 120 Å². The van der Waals surface area contributed by atoms with E-state index in [1.807, 2.05) is 30.3 Å². The monoisotopic (exact) mass is 844 g/mol. The van der Waals surface area contributed by atoms with E-state index in [0.29, 0.717) is 51.8 Å². The number of hydrogen-bond donors (Lipinski definition) is 2. The molecule has 2 amide bonds. The second kappa shape index (κ2) is 22.3. The highest BCUT2D eigenvalue weighted by molar-refractivity contribution is 7.98. The summed E-state index contributed by atoms with van der Waals surface area (Å²) in [6.45, 7) is 2.53. The number of carbonyl (C=O) groups excluding carboxylic acids is 3. The summed E-state index contributed by atoms with van der Waals surface area (Å²) in [5, 5.41) is 27.9. The van der Waals surface area contributed by atoms with Crippen molar-refractivity contribution in [2.45, 2.75) is 82.0 Å². The minimum Gasteiger partial charge on any atom is -0.506 e. The fraction of sp³-hybridized carbons (Fsp3) is 0.319. The number of carbonyl (C=O) groups is 3. The predicted molar refractivity (Wildman–Crippen MR) is 238 cm³/mol. The lowest BCUT2D eigenvalue weighted by Gasteiger charge is -2.24. The molecule has 0 saturated heterocycles. The molecule has 6 rings (SSSR count). The molecule has 5 aromatic carbocycles. The van der Waals surface area contributed by atoms with Gasteiger partial charge in [0.2, 0.25) is 5.16 Å². The molecule has 0 saturated carbocycles. The van der Waals surface area contributed by atoms with Crippen LogP contribution in [0.5, 0.6) is 17.2 Å². The van der Waals surface area contributed by atoms with E-state index < -0.39 is 18.0 Å². The molecular formula is C47H52N6O7S. The standard InChI is InChI=1S/C47H52N6O7S/c1-4-5-6-7-8-9-10-11-12-18-30-52(40-24-19-22-36-35(40)27-28-37(43(36)54)44(55)48-39-23-16-17-25-42(39)58-2)47(57)60-41-29-26-33(31-38(41)45(56)59-3)32-61-46-49-50-51-53(46)34-20-14-13-15-21-34/h13-17,19-29,31,54H,4-12,18,30,32H2,1-3H3,(H,48,55). The Labute approximate surface area is 360 Å². The number of aromatic nitrogens is 4. The van der Waals surface area contributed by atoms with Crippen LogP contribution in [0.2, 0.25) is 0 Å². The summed E-state index contributed by atoms with van der Waals surface area (Å²) in [5.41, 5.74) is 2.64. The summed E-state index contributed by atoms with van der Waals surface area (Å²) in [6.07, 6.45) is 10.5. The van der Waals surface area contributed by atoms with Gasteiger partial charge in [-0.3, -0.25) is 9.69 Å². The third-order valence-corrected chi connectivity index (χ3v) is 11.3. The molecule has 61 heavy (non-hydrogen) atoms. The first-order chi connectivity index (χ1) is 29.8. The number of nitrogens with one attached hydrogen (secondary N) is 1. The summed E-state index contributed by atoms with van der Waals surface area (Å²) < 4.78 is 18.2. The van der Waals surface area contributed by atoms with Gasteiger partial charge in [0.05, 0.1) is 36.8 Å². The van der Waals surface area contributed by atoms with E-state index in [0.717, 1.165) is 30.5 Å². The van der Waals surface area contributed by atoms with Gasteiger partial charge in [0.1, 0.15) is 22.8 Å². The van der Waals surface area contributed by atoms with E-state index in [1.165, 1.54) is 75.5 Å². The Bertz CT molecular complexity index is 2410. The molecule has 0 unspecified atom stereocenters. The third-order valence-electron chi connectivity index (χ3n) is 10.3. The van der Waals surface area contributed by atoms with E-state index in [4.69, 9.17) is 14.2 Å². The highest BCUT2D eigenvalue weighted by Crippen LogP contribution is 2.37. The summed E-state index contributed by atoms with van der Waals surface area (Å²) in [7, 11) is 2.78. The number of phenols is 1. The third kappa shape index (κ3) is 11.5. The Morgan fingerprint density at radius 3 is 2.21 bits per heavy atom. The maximum atomic E-state index is 14.4. The maximum Gasteiger partial charge on any atom is 0.419 e. The van der Waals surface area contributed by atoms with Gasteiger partial charge in [0.15, 0.2) is 0 Å². The van der Waals surface area contributed by atoms with Crippen molar-refractivity contribution in [2.75, 3.05) is 31.0 Å². The average molecular weight is 845 g/mol. The second-order valence-corrected chi connectivity index (χ2v) is 15.5. The number of methoxy groups -OCH3 is 2. The van der Waals surface area contributed by atoms with Crippen LogP contribution in [0.4, 0.5) is 16.2 Å². The summed E-state index contributed by atoms with van der Waals surface area (Å²) >= 11 is 1.39. The van der Waals surface area contributed by atoms with Crippen molar-refractivity contribution in [2.24, 2.45) is 0 Å². The Hall–Kier alpha value is -6.41. The fourth-order valence-electron chi connectivity index (χ4n) is 7.07. The number of ether oxygens (including phenoxy) is 3. The number of phenolic OH excluding ortho intramolecular Hbond substituents is 1. The Balaban J connectivity index is 1.23. The number of anilines is 2. The summed E-state index contributed by atoms with van der Waals surface area (Å²) in [4.78, 5) is 42.5. The molecule has 0 atom stereocenters. The lowest BCUT2D eigenvalue weighted by atomic mass is 10.0. The number of benzene rings is 5. The van der Waals surface area contributed by atoms with Crippen molar-refractivity contribution in [1.82, 2.24) is 20.2 Å². The van der Waals surface area contributed by atoms with Crippen LogP contribution >= 0.6 is 11.8 Å². The highest BCUT2D eigenvalue weighted by atomic mass is 32.2. The molecule has 0 radical (unpaired) electrons. The molecule has 0 aliphatic rings. The van der Waals surface area contributed by atoms with E-state index in [9.17, 15) is 19.5 Å². The normalized spacial score (nSPS) is 11.0. The van der Waals surface area contributed by atoms with Gasteiger partial charge in [-0.15, -0.1) is 5.10 Å². The van der Waals surface area contributed by atoms with E-state index in [-0.39, 0.29) is 22.6 Å². The average Bonchev–Trinajstić information content (AvgIpc) is 3.77. The van der Waals surface area contributed by atoms with E-state index in [2.05, 4.69) is 27.8 Å². The fourth-order valence-corrected chi connectivity index (χ4v) is 7.91. The van der Waals surface area contributed by atoms with Crippen LogP contribution in [0.25, 0.3) is 16.5 Å². The number of aromatic hydroxyl groups is 1. The van der Waals surface area contributed by atoms with Crippen LogP contribution in [0, 0.1) is 0 Å². The zero-order valence-corrected chi connectivity index (χ0v) is 35.7. The van der Waals surface area contributed by atoms with Gasteiger partial charge in [-0.05, 0) is 70.9 Å². The first kappa shape index (κ1) is 44.2. The lowest BCUT2D eigenvalue weighted by molar-refractivity contribution is 0.0597. The quantitative estimate of drug-likeness (QED) is 0.0403. The SMILES string of the molecule is CCCCCCCCCCCCN(C(=O)Oc1ccc(CSc2nnnn2-c2ccccc2)cc1C(=O)OC)c1cccc2c(O)c(C(=O)Nc3ccccc3OC)ccc12. The van der Waals surface area contributed by atoms with Gasteiger partial charge in [-0.2, -0.15) is 4.68 Å². The number of fused-ring (bicyclic) bond motifs is 1. The largest absolute Gasteiger partial charge is 0.506 e. The summed E-state index contributed by atoms with van der Waals surface area (Å²) in [5.74, 6) is -0.508. The Kier molecular flexibility index (Phi) is 16.1. The molecule has 2 N–H and O–H groups in total. The number of tetrazole rings is 1. The minimum absolute atomic E-state index is 0.0335. The van der Waals surface area contributed by atoms with Crippen LogP contribution in [-0.2, 0) is 10.5 Å². The van der Waals surface area contributed by atoms with Gasteiger partial charge in [-0.1, -0.05) is 131 Å². The van der Waals surface area contributed by atoms with Gasteiger partial charge < -0.3 is 24.6 Å². The molecule has 14 heteroatoms. The van der Waals surface area contributed by atoms with Crippen LogP contribution in [0.15, 0.2) is 108 Å². The van der Waals surface area contributed by atoms with Crippen LogP contribution in [0.3, 0.4) is 0 Å². The molecule has 0 bridgehead atoms. The molecule has 0 fully saturated rings. The van der Waals surface area contributed by atoms with Gasteiger partial charge in [0, 0.05) is 23.1 Å². The molecule has 13 nitrogen and oxygen atoms in total. The number of hydrogen-bond acceptors (Lipinski definition) is 11. The molecular weight excluding hydrogens is 793 g/mol. The number of nitrogens with zero attached hydrogens (tertiary/aromatic N) is 5. The van der Waals surface area contributed by atoms with Gasteiger partial charge >= 0.3 is 12.1 Å². The predicted octanol–water partition coefficient (Wildman–Crippen LogP) is 10.8. The number of thioether (sulfide) groups is 1. The maximum absolute atomic E-state index is 14.4. The van der Waals surface area contributed by atoms with Crippen molar-refractivity contribution < 1.29 is 33.7 Å². The Morgan fingerprint density at radius 1 is 0.754 bits per heavy atom. The lowest BCUT2D eigenvalue weighted by Crippen LogP contribution is -2.35. The van der Waals surface area contributed by atoms with E-state index in [1.54, 1.807) is 71.4 Å². The summed E-state index contributed by atoms with van der Waals surface area (Å²) in [6, 6.07) is 30.0. The van der Waals surface area contributed by atoms with Crippen molar-refractivity contribution >= 4 is 51.9 Å². The first-order valence-corrected chi connectivity index (χ1v) is 21.7. The zero-order valence-electron chi connectivity index (χ0n) is 34.8. The zero-order chi connectivity index (χ0) is 43.0. The van der Waals surface area contributed by atoms with Crippen LogP contribution in [-0.4, -0.2) is 64.0 Å². The van der Waals surface area contributed by atoms with E-state index >= 15 is 0 Å². The van der Waals surface area contributed by atoms with Crippen LogP contribution < -0.4 is 19.7 Å². The molecule has 1 heterocycles. The van der Waals surface area contributed by atoms with Crippen molar-refractivity contribution in [1.29, 1.82) is 0 Å². The molecule has 0 aliphatic heterocycles. The highest BCUT2D eigenvalue weighted by Gasteiger charge is 2.25. The second-order valence-electron chi connectivity index (χ2n) is 14.5. The van der Waals surface area contributed by atoms with Gasteiger partial charge in [-0.25, -0.2) is 9.59 Å².